The molecule has 0 radical (unpaired) electrons. The van der Waals surface area contributed by atoms with Crippen LogP contribution in [0, 0.1) is 0 Å². The van der Waals surface area contributed by atoms with Crippen LogP contribution in [-0.4, -0.2) is 22.6 Å². The average molecular weight is 300 g/mol. The lowest BCUT2D eigenvalue weighted by Crippen LogP contribution is -2.29. The summed E-state index contributed by atoms with van der Waals surface area (Å²) in [5.41, 5.74) is 2.73. The summed E-state index contributed by atoms with van der Waals surface area (Å²) in [4.78, 5) is 19.0. The summed E-state index contributed by atoms with van der Waals surface area (Å²) in [6, 6.07) is 7.45. The smallest absolute Gasteiger partial charge is 0.335 e. The largest absolute Gasteiger partial charge is 0.478 e. The van der Waals surface area contributed by atoms with E-state index in [1.54, 1.807) is 23.5 Å². The third-order valence-corrected chi connectivity index (χ3v) is 4.73. The Morgan fingerprint density at radius 1 is 1.38 bits per heavy atom. The fraction of sp³-hybridized carbons (Fsp3) is 0.200. The van der Waals surface area contributed by atoms with Gasteiger partial charge in [0.1, 0.15) is 5.52 Å². The highest BCUT2D eigenvalue weighted by molar-refractivity contribution is 7.10. The summed E-state index contributed by atoms with van der Waals surface area (Å²) in [5.74, 6) is -0.962. The van der Waals surface area contributed by atoms with Crippen molar-refractivity contribution in [1.82, 2.24) is 4.98 Å². The lowest BCUT2D eigenvalue weighted by Gasteiger charge is -2.25. The van der Waals surface area contributed by atoms with E-state index in [9.17, 15) is 4.79 Å². The maximum absolute atomic E-state index is 11.0. The van der Waals surface area contributed by atoms with E-state index < -0.39 is 5.97 Å². The number of aromatic nitrogens is 1. The molecular formula is C15H12N2O3S. The second-order valence-electron chi connectivity index (χ2n) is 5.02. The van der Waals surface area contributed by atoms with Gasteiger partial charge < -0.3 is 14.4 Å². The zero-order chi connectivity index (χ0) is 14.4. The predicted octanol–water partition coefficient (Wildman–Crippen LogP) is 3.15. The highest BCUT2D eigenvalue weighted by atomic mass is 32.1. The number of aromatic carboxylic acids is 1. The van der Waals surface area contributed by atoms with Crippen molar-refractivity contribution in [3.63, 3.8) is 0 Å². The molecule has 4 rings (SSSR count). The lowest BCUT2D eigenvalue weighted by molar-refractivity contribution is 0.0697. The molecule has 0 saturated heterocycles. The Labute approximate surface area is 124 Å². The van der Waals surface area contributed by atoms with Crippen molar-refractivity contribution in [2.24, 2.45) is 0 Å². The Hall–Kier alpha value is -2.34. The van der Waals surface area contributed by atoms with Gasteiger partial charge in [-0.3, -0.25) is 0 Å². The van der Waals surface area contributed by atoms with Gasteiger partial charge in [-0.05, 0) is 41.6 Å². The van der Waals surface area contributed by atoms with Crippen LogP contribution >= 0.6 is 11.3 Å². The number of carboxylic acid groups (broad SMARTS) is 1. The van der Waals surface area contributed by atoms with Gasteiger partial charge in [-0.2, -0.15) is 4.98 Å². The van der Waals surface area contributed by atoms with Crippen LogP contribution < -0.4 is 4.90 Å². The third-order valence-electron chi connectivity index (χ3n) is 3.70. The number of benzene rings is 1. The van der Waals surface area contributed by atoms with Gasteiger partial charge in [-0.15, -0.1) is 11.3 Å². The summed E-state index contributed by atoms with van der Waals surface area (Å²) in [5, 5.41) is 11.1. The van der Waals surface area contributed by atoms with Gasteiger partial charge in [-0.1, -0.05) is 0 Å². The van der Waals surface area contributed by atoms with Crippen molar-refractivity contribution in [1.29, 1.82) is 0 Å². The van der Waals surface area contributed by atoms with E-state index in [1.807, 2.05) is 0 Å². The minimum atomic E-state index is -0.962. The van der Waals surface area contributed by atoms with E-state index in [4.69, 9.17) is 9.52 Å². The zero-order valence-electron chi connectivity index (χ0n) is 11.1. The van der Waals surface area contributed by atoms with Crippen LogP contribution in [0.1, 0.15) is 20.8 Å². The van der Waals surface area contributed by atoms with E-state index in [2.05, 4.69) is 21.3 Å². The fourth-order valence-corrected chi connectivity index (χ4v) is 3.48. The molecule has 0 spiro atoms. The van der Waals surface area contributed by atoms with Crippen LogP contribution in [-0.2, 0) is 13.0 Å². The number of rotatable bonds is 2. The SMILES string of the molecule is O=C(O)c1ccc2nc(N3CCc4sccc4C3)oc2c1. The third kappa shape index (κ3) is 2.08. The van der Waals surface area contributed by atoms with Crippen molar-refractivity contribution in [3.8, 4) is 0 Å². The molecule has 1 aliphatic rings. The number of carbonyl (C=O) groups is 1. The topological polar surface area (TPSA) is 66.6 Å². The van der Waals surface area contributed by atoms with E-state index in [0.29, 0.717) is 17.1 Å². The first-order valence-electron chi connectivity index (χ1n) is 6.65. The van der Waals surface area contributed by atoms with E-state index in [1.165, 1.54) is 16.5 Å². The van der Waals surface area contributed by atoms with Crippen molar-refractivity contribution >= 4 is 34.4 Å². The van der Waals surface area contributed by atoms with Gasteiger partial charge in [0.05, 0.1) is 5.56 Å². The lowest BCUT2D eigenvalue weighted by atomic mass is 10.1. The second kappa shape index (κ2) is 4.60. The van der Waals surface area contributed by atoms with Gasteiger partial charge in [-0.25, -0.2) is 4.79 Å². The molecule has 0 saturated carbocycles. The molecule has 3 aromatic rings. The monoisotopic (exact) mass is 300 g/mol. The summed E-state index contributed by atoms with van der Waals surface area (Å²) in [6.07, 6.45) is 0.992. The molecule has 21 heavy (non-hydrogen) atoms. The molecule has 1 aromatic carbocycles. The van der Waals surface area contributed by atoms with E-state index >= 15 is 0 Å². The van der Waals surface area contributed by atoms with Crippen molar-refractivity contribution in [2.75, 3.05) is 11.4 Å². The number of hydrogen-bond donors (Lipinski definition) is 1. The van der Waals surface area contributed by atoms with Crippen LogP contribution in [0.5, 0.6) is 0 Å². The molecule has 0 unspecified atom stereocenters. The molecule has 0 aliphatic carbocycles. The Bertz CT molecular complexity index is 836. The maximum Gasteiger partial charge on any atom is 0.335 e. The van der Waals surface area contributed by atoms with Crippen molar-refractivity contribution < 1.29 is 14.3 Å². The van der Waals surface area contributed by atoms with Gasteiger partial charge in [0.25, 0.3) is 6.01 Å². The van der Waals surface area contributed by atoms with Crippen LogP contribution in [0.4, 0.5) is 6.01 Å². The van der Waals surface area contributed by atoms with Crippen molar-refractivity contribution in [3.05, 3.63) is 45.6 Å². The van der Waals surface area contributed by atoms with Gasteiger partial charge in [0, 0.05) is 18.0 Å². The van der Waals surface area contributed by atoms with E-state index in [0.717, 1.165) is 19.5 Å². The number of nitrogens with zero attached hydrogens (tertiary/aromatic N) is 2. The average Bonchev–Trinajstić information content (AvgIpc) is 3.11. The number of carboxylic acids is 1. The predicted molar refractivity (Wildman–Crippen MR) is 80.0 cm³/mol. The first kappa shape index (κ1) is 12.4. The number of thiophene rings is 1. The minimum absolute atomic E-state index is 0.212. The summed E-state index contributed by atoms with van der Waals surface area (Å²) < 4.78 is 5.74. The second-order valence-corrected chi connectivity index (χ2v) is 6.03. The Morgan fingerprint density at radius 3 is 3.14 bits per heavy atom. The molecule has 0 bridgehead atoms. The fourth-order valence-electron chi connectivity index (χ4n) is 2.59. The zero-order valence-corrected chi connectivity index (χ0v) is 11.9. The molecule has 3 heterocycles. The molecule has 2 aromatic heterocycles. The molecule has 106 valence electrons. The molecule has 1 N–H and O–H groups in total. The Balaban J connectivity index is 1.70. The van der Waals surface area contributed by atoms with Crippen molar-refractivity contribution in [2.45, 2.75) is 13.0 Å². The van der Waals surface area contributed by atoms with Gasteiger partial charge >= 0.3 is 5.97 Å². The number of fused-ring (bicyclic) bond motifs is 2. The summed E-state index contributed by atoms with van der Waals surface area (Å²) >= 11 is 1.79. The number of anilines is 1. The number of oxazole rings is 1. The van der Waals surface area contributed by atoms with E-state index in [-0.39, 0.29) is 5.56 Å². The molecule has 0 atom stereocenters. The standard InChI is InChI=1S/C15H12N2O3S/c18-14(19)9-1-2-11-12(7-9)20-15(16-11)17-5-3-13-10(8-17)4-6-21-13/h1-2,4,6-7H,3,5,8H2,(H,18,19). The number of hydrogen-bond acceptors (Lipinski definition) is 5. The Kier molecular flexibility index (Phi) is 2.71. The molecule has 1 aliphatic heterocycles. The summed E-state index contributed by atoms with van der Waals surface area (Å²) in [6.45, 7) is 1.66. The first-order valence-corrected chi connectivity index (χ1v) is 7.53. The summed E-state index contributed by atoms with van der Waals surface area (Å²) in [7, 11) is 0. The first-order chi connectivity index (χ1) is 10.2. The van der Waals surface area contributed by atoms with Crippen LogP contribution in [0.2, 0.25) is 0 Å². The highest BCUT2D eigenvalue weighted by Gasteiger charge is 2.21. The minimum Gasteiger partial charge on any atom is -0.478 e. The van der Waals surface area contributed by atoms with Crippen LogP contribution in [0.25, 0.3) is 11.1 Å². The van der Waals surface area contributed by atoms with Gasteiger partial charge in [0.15, 0.2) is 5.58 Å². The molecule has 0 amide bonds. The molecular weight excluding hydrogens is 288 g/mol. The van der Waals surface area contributed by atoms with Crippen LogP contribution in [0.3, 0.4) is 0 Å². The molecule has 5 nitrogen and oxygen atoms in total. The molecule has 0 fully saturated rings. The Morgan fingerprint density at radius 2 is 2.29 bits per heavy atom. The maximum atomic E-state index is 11.0. The highest BCUT2D eigenvalue weighted by Crippen LogP contribution is 2.29. The molecule has 6 heteroatoms. The quantitative estimate of drug-likeness (QED) is 0.787. The van der Waals surface area contributed by atoms with Gasteiger partial charge in [0.2, 0.25) is 0 Å². The normalized spacial score (nSPS) is 14.4. The van der Waals surface area contributed by atoms with Crippen LogP contribution in [0.15, 0.2) is 34.1 Å².